The fourth-order valence-electron chi connectivity index (χ4n) is 4.63. The van der Waals surface area contributed by atoms with Crippen molar-refractivity contribution in [2.75, 3.05) is 18.0 Å². The van der Waals surface area contributed by atoms with Crippen LogP contribution in [0.4, 0.5) is 6.01 Å². The van der Waals surface area contributed by atoms with Gasteiger partial charge in [-0.15, -0.1) is 0 Å². The highest BCUT2D eigenvalue weighted by Gasteiger charge is 2.29. The Bertz CT molecular complexity index is 963. The molecule has 0 spiro atoms. The lowest BCUT2D eigenvalue weighted by Crippen LogP contribution is -2.34. The highest BCUT2D eigenvalue weighted by atomic mass is 16.4. The van der Waals surface area contributed by atoms with Gasteiger partial charge in [-0.05, 0) is 51.7 Å². The van der Waals surface area contributed by atoms with E-state index in [0.29, 0.717) is 23.5 Å². The molecule has 0 amide bonds. The molecule has 0 unspecified atom stereocenters. The maximum absolute atomic E-state index is 5.94. The number of aryl methyl sites for hydroxylation is 2. The summed E-state index contributed by atoms with van der Waals surface area (Å²) in [6, 6.07) is 4.60. The Labute approximate surface area is 165 Å². The first-order valence-corrected chi connectivity index (χ1v) is 10.6. The van der Waals surface area contributed by atoms with Crippen molar-refractivity contribution in [3.63, 3.8) is 0 Å². The van der Waals surface area contributed by atoms with E-state index in [1.807, 2.05) is 19.1 Å². The molecular weight excluding hydrogens is 352 g/mol. The molecule has 3 aromatic heterocycles. The van der Waals surface area contributed by atoms with E-state index < -0.39 is 0 Å². The van der Waals surface area contributed by atoms with Crippen LogP contribution in [0.5, 0.6) is 0 Å². The molecule has 7 heteroatoms. The molecule has 5 rings (SSSR count). The van der Waals surface area contributed by atoms with Crippen molar-refractivity contribution < 1.29 is 4.42 Å². The molecule has 2 aliphatic rings. The summed E-state index contributed by atoms with van der Waals surface area (Å²) in [5.41, 5.74) is 2.42. The minimum absolute atomic E-state index is 0.462. The van der Waals surface area contributed by atoms with Gasteiger partial charge in [0, 0.05) is 37.2 Å². The predicted octanol–water partition coefficient (Wildman–Crippen LogP) is 4.18. The molecule has 1 saturated heterocycles. The first-order valence-electron chi connectivity index (χ1n) is 10.6. The minimum atomic E-state index is 0.462. The molecular formula is C21H28N6O. The van der Waals surface area contributed by atoms with Crippen molar-refractivity contribution in [2.24, 2.45) is 0 Å². The summed E-state index contributed by atoms with van der Waals surface area (Å²) in [6.45, 7) is 6.88. The number of fused-ring (bicyclic) bond motifs is 1. The van der Waals surface area contributed by atoms with E-state index in [0.717, 1.165) is 49.6 Å². The van der Waals surface area contributed by atoms with Crippen molar-refractivity contribution >= 4 is 17.2 Å². The fourth-order valence-corrected chi connectivity index (χ4v) is 4.63. The van der Waals surface area contributed by atoms with E-state index in [1.165, 1.54) is 31.5 Å². The van der Waals surface area contributed by atoms with Crippen molar-refractivity contribution in [1.29, 1.82) is 0 Å². The molecule has 7 nitrogen and oxygen atoms in total. The standard InChI is InChI=1S/C21H28N6O/c1-3-27-20(23-18(25-27)15-6-4-5-7-15)16-10-12-26(13-11-16)21-24-19-17(28-21)9-8-14(2)22-19/h8-9,15-16H,3-7,10-13H2,1-2H3. The van der Waals surface area contributed by atoms with E-state index in [4.69, 9.17) is 14.5 Å². The first kappa shape index (κ1) is 17.6. The summed E-state index contributed by atoms with van der Waals surface area (Å²) in [7, 11) is 0. The maximum atomic E-state index is 5.94. The molecule has 0 N–H and O–H groups in total. The molecule has 4 heterocycles. The minimum Gasteiger partial charge on any atom is -0.422 e. The zero-order chi connectivity index (χ0) is 19.1. The summed E-state index contributed by atoms with van der Waals surface area (Å²) in [5, 5.41) is 4.85. The third kappa shape index (κ3) is 3.16. The van der Waals surface area contributed by atoms with Crippen LogP contribution < -0.4 is 4.90 Å². The van der Waals surface area contributed by atoms with Crippen LogP contribution >= 0.6 is 0 Å². The summed E-state index contributed by atoms with van der Waals surface area (Å²) in [4.78, 5) is 16.3. The van der Waals surface area contributed by atoms with Crippen molar-refractivity contribution in [2.45, 2.75) is 70.8 Å². The average molecular weight is 380 g/mol. The molecule has 28 heavy (non-hydrogen) atoms. The Morgan fingerprint density at radius 2 is 1.79 bits per heavy atom. The zero-order valence-electron chi connectivity index (χ0n) is 16.8. The SMILES string of the molecule is CCn1nc(C2CCCC2)nc1C1CCN(c2nc3nc(C)ccc3o2)CC1. The molecule has 0 atom stereocenters. The van der Waals surface area contributed by atoms with E-state index >= 15 is 0 Å². The summed E-state index contributed by atoms with van der Waals surface area (Å²) < 4.78 is 8.08. The molecule has 148 valence electrons. The number of nitrogens with zero attached hydrogens (tertiary/aromatic N) is 6. The topological polar surface area (TPSA) is 72.9 Å². The predicted molar refractivity (Wildman–Crippen MR) is 108 cm³/mol. The molecule has 0 aromatic carbocycles. The lowest BCUT2D eigenvalue weighted by molar-refractivity contribution is 0.436. The van der Waals surface area contributed by atoms with Gasteiger partial charge in [0.1, 0.15) is 5.82 Å². The van der Waals surface area contributed by atoms with Crippen LogP contribution in [0.1, 0.15) is 74.6 Å². The van der Waals surface area contributed by atoms with Gasteiger partial charge in [0.2, 0.25) is 5.65 Å². The lowest BCUT2D eigenvalue weighted by atomic mass is 9.96. The van der Waals surface area contributed by atoms with Crippen molar-refractivity contribution in [1.82, 2.24) is 24.7 Å². The van der Waals surface area contributed by atoms with Gasteiger partial charge in [0.25, 0.3) is 6.01 Å². The van der Waals surface area contributed by atoms with Gasteiger partial charge < -0.3 is 9.32 Å². The summed E-state index contributed by atoms with van der Waals surface area (Å²) in [5.74, 6) is 3.29. The van der Waals surface area contributed by atoms with E-state index in [1.54, 1.807) is 0 Å². The number of hydrogen-bond acceptors (Lipinski definition) is 6. The van der Waals surface area contributed by atoms with Crippen LogP contribution in [-0.2, 0) is 6.54 Å². The first-order chi connectivity index (χ1) is 13.7. The molecule has 1 saturated carbocycles. The lowest BCUT2D eigenvalue weighted by Gasteiger charge is -2.30. The van der Waals surface area contributed by atoms with Crippen LogP contribution in [0.2, 0.25) is 0 Å². The number of anilines is 1. The second kappa shape index (κ2) is 7.18. The number of aromatic nitrogens is 5. The fraction of sp³-hybridized carbons (Fsp3) is 0.619. The van der Waals surface area contributed by atoms with E-state index in [-0.39, 0.29) is 0 Å². The molecule has 0 radical (unpaired) electrons. The second-order valence-electron chi connectivity index (χ2n) is 8.16. The van der Waals surface area contributed by atoms with Gasteiger partial charge in [0.05, 0.1) is 0 Å². The zero-order valence-corrected chi connectivity index (χ0v) is 16.8. The van der Waals surface area contributed by atoms with Crippen molar-refractivity contribution in [3.05, 3.63) is 29.5 Å². The van der Waals surface area contributed by atoms with Crippen LogP contribution in [-0.4, -0.2) is 37.8 Å². The van der Waals surface area contributed by atoms with Crippen LogP contribution in [0.3, 0.4) is 0 Å². The molecule has 3 aromatic rings. The number of piperidine rings is 1. The van der Waals surface area contributed by atoms with Gasteiger partial charge in [-0.2, -0.15) is 10.1 Å². The highest BCUT2D eigenvalue weighted by Crippen LogP contribution is 2.35. The number of pyridine rings is 1. The number of oxazole rings is 1. The second-order valence-corrected chi connectivity index (χ2v) is 8.16. The summed E-state index contributed by atoms with van der Waals surface area (Å²) in [6.07, 6.45) is 7.23. The van der Waals surface area contributed by atoms with Crippen molar-refractivity contribution in [3.8, 4) is 0 Å². The smallest absolute Gasteiger partial charge is 0.299 e. The largest absolute Gasteiger partial charge is 0.422 e. The highest BCUT2D eigenvalue weighted by molar-refractivity contribution is 5.70. The molecule has 0 bridgehead atoms. The Balaban J connectivity index is 1.31. The number of hydrogen-bond donors (Lipinski definition) is 0. The van der Waals surface area contributed by atoms with Gasteiger partial charge in [-0.1, -0.05) is 12.8 Å². The van der Waals surface area contributed by atoms with Crippen LogP contribution in [0, 0.1) is 6.92 Å². The third-order valence-electron chi connectivity index (χ3n) is 6.25. The van der Waals surface area contributed by atoms with Gasteiger partial charge in [0.15, 0.2) is 11.4 Å². The van der Waals surface area contributed by atoms with Gasteiger partial charge in [-0.3, -0.25) is 0 Å². The quantitative estimate of drug-likeness (QED) is 0.676. The van der Waals surface area contributed by atoms with Crippen LogP contribution in [0.15, 0.2) is 16.5 Å². The van der Waals surface area contributed by atoms with E-state index in [2.05, 4.69) is 26.5 Å². The summed E-state index contributed by atoms with van der Waals surface area (Å²) >= 11 is 0. The van der Waals surface area contributed by atoms with E-state index in [9.17, 15) is 0 Å². The number of rotatable bonds is 4. The molecule has 1 aliphatic carbocycles. The Hall–Kier alpha value is -2.44. The normalized spacial score (nSPS) is 19.1. The third-order valence-corrected chi connectivity index (χ3v) is 6.25. The maximum Gasteiger partial charge on any atom is 0.299 e. The molecule has 1 aliphatic heterocycles. The average Bonchev–Trinajstić information content (AvgIpc) is 3.45. The van der Waals surface area contributed by atoms with Gasteiger partial charge >= 0.3 is 0 Å². The Morgan fingerprint density at radius 3 is 2.54 bits per heavy atom. The van der Waals surface area contributed by atoms with Crippen LogP contribution in [0.25, 0.3) is 11.2 Å². The molecule has 2 fully saturated rings. The Kier molecular flexibility index (Phi) is 4.53. The Morgan fingerprint density at radius 1 is 1.00 bits per heavy atom. The van der Waals surface area contributed by atoms with Gasteiger partial charge in [-0.25, -0.2) is 14.6 Å². The monoisotopic (exact) mass is 380 g/mol.